The van der Waals surface area contributed by atoms with E-state index in [1.54, 1.807) is 6.08 Å². The molecule has 0 aromatic heterocycles. The number of rotatable bonds is 3. The summed E-state index contributed by atoms with van der Waals surface area (Å²) in [6.07, 6.45) is 3.09. The van der Waals surface area contributed by atoms with E-state index in [4.69, 9.17) is 4.74 Å². The molecule has 2 unspecified atom stereocenters. The zero-order valence-corrected chi connectivity index (χ0v) is 6.21. The minimum absolute atomic E-state index is 0.345. The molecule has 0 spiro atoms. The van der Waals surface area contributed by atoms with E-state index < -0.39 is 0 Å². The molecular formula is C6H11OP. The van der Waals surface area contributed by atoms with E-state index in [2.05, 4.69) is 22.4 Å². The summed E-state index contributed by atoms with van der Waals surface area (Å²) in [5, 5.41) is -0.345. The highest BCUT2D eigenvalue weighted by Crippen LogP contribution is 2.19. The van der Waals surface area contributed by atoms with Crippen LogP contribution in [0.3, 0.4) is 0 Å². The lowest BCUT2D eigenvalue weighted by molar-refractivity contribution is 0.173. The second-order valence-corrected chi connectivity index (χ2v) is 2.82. The van der Waals surface area contributed by atoms with E-state index in [9.17, 15) is 0 Å². The molecule has 0 fully saturated rings. The molecule has 0 saturated heterocycles. The molecule has 0 saturated carbocycles. The maximum atomic E-state index is 4.99. The smallest absolute Gasteiger partial charge is 0.135 e. The van der Waals surface area contributed by atoms with Crippen molar-refractivity contribution in [3.8, 4) is 0 Å². The van der Waals surface area contributed by atoms with Crippen molar-refractivity contribution >= 4 is 9.24 Å². The second kappa shape index (κ2) is 2.88. The summed E-state index contributed by atoms with van der Waals surface area (Å²) in [6.45, 7) is 8.85. The maximum Gasteiger partial charge on any atom is 0.135 e. The van der Waals surface area contributed by atoms with Crippen LogP contribution in [0.1, 0.15) is 6.92 Å². The number of ether oxygens (including phenoxy) is 1. The molecule has 0 aromatic carbocycles. The Morgan fingerprint density at radius 3 is 2.25 bits per heavy atom. The van der Waals surface area contributed by atoms with Gasteiger partial charge in [0.15, 0.2) is 0 Å². The van der Waals surface area contributed by atoms with Crippen LogP contribution in [0.5, 0.6) is 0 Å². The molecule has 2 atom stereocenters. The first-order chi connectivity index (χ1) is 3.62. The lowest BCUT2D eigenvalue weighted by atomic mass is 10.4. The van der Waals surface area contributed by atoms with Crippen LogP contribution in [0.15, 0.2) is 25.5 Å². The Hall–Kier alpha value is -0.290. The molecule has 0 rings (SSSR count). The van der Waals surface area contributed by atoms with Gasteiger partial charge in [-0.2, -0.15) is 0 Å². The lowest BCUT2D eigenvalue weighted by Gasteiger charge is -2.17. The molecule has 0 N–H and O–H groups in total. The minimum Gasteiger partial charge on any atom is -0.488 e. The molecule has 0 bridgehead atoms. The minimum atomic E-state index is -0.345. The standard InChI is InChI=1S/C6H11OP/c1-4-6(3,8)7-5-2/h4-5H,1-2,8H2,3H3. The molecule has 0 radical (unpaired) electrons. The van der Waals surface area contributed by atoms with E-state index in [1.165, 1.54) is 6.26 Å². The van der Waals surface area contributed by atoms with E-state index in [0.717, 1.165) is 0 Å². The monoisotopic (exact) mass is 130 g/mol. The summed E-state index contributed by atoms with van der Waals surface area (Å²) in [5.74, 6) is 0. The van der Waals surface area contributed by atoms with Crippen molar-refractivity contribution in [2.24, 2.45) is 0 Å². The number of hydrogen-bond donors (Lipinski definition) is 0. The summed E-state index contributed by atoms with van der Waals surface area (Å²) in [6, 6.07) is 0. The Balaban J connectivity index is 3.70. The Morgan fingerprint density at radius 2 is 2.12 bits per heavy atom. The van der Waals surface area contributed by atoms with E-state index in [1.807, 2.05) is 6.92 Å². The maximum absolute atomic E-state index is 4.99. The summed E-state index contributed by atoms with van der Waals surface area (Å²) in [7, 11) is 2.50. The highest BCUT2D eigenvalue weighted by molar-refractivity contribution is 7.18. The molecule has 0 aliphatic carbocycles. The van der Waals surface area contributed by atoms with Crippen molar-refractivity contribution in [2.45, 2.75) is 12.3 Å². The molecule has 0 amide bonds. The van der Waals surface area contributed by atoms with Crippen LogP contribution in [0.25, 0.3) is 0 Å². The van der Waals surface area contributed by atoms with Crippen LogP contribution >= 0.6 is 9.24 Å². The third-order valence-corrected chi connectivity index (χ3v) is 1.11. The van der Waals surface area contributed by atoms with E-state index >= 15 is 0 Å². The first-order valence-corrected chi connectivity index (χ1v) is 2.91. The Labute approximate surface area is 52.6 Å². The summed E-state index contributed by atoms with van der Waals surface area (Å²) in [4.78, 5) is 0. The molecule has 0 heterocycles. The lowest BCUT2D eigenvalue weighted by Crippen LogP contribution is -2.11. The van der Waals surface area contributed by atoms with E-state index in [0.29, 0.717) is 0 Å². The first kappa shape index (κ1) is 7.71. The fraction of sp³-hybridized carbons (Fsp3) is 0.333. The Bertz CT molecular complexity index is 96.7. The molecule has 1 nitrogen and oxygen atoms in total. The van der Waals surface area contributed by atoms with Gasteiger partial charge in [-0.05, 0) is 13.0 Å². The van der Waals surface area contributed by atoms with Crippen LogP contribution in [0, 0.1) is 0 Å². The highest BCUT2D eigenvalue weighted by Gasteiger charge is 2.09. The van der Waals surface area contributed by atoms with Gasteiger partial charge in [-0.1, -0.05) is 22.4 Å². The molecule has 8 heavy (non-hydrogen) atoms. The van der Waals surface area contributed by atoms with Crippen molar-refractivity contribution in [3.05, 3.63) is 25.5 Å². The van der Waals surface area contributed by atoms with Gasteiger partial charge in [0, 0.05) is 0 Å². The normalized spacial score (nSPS) is 16.2. The van der Waals surface area contributed by atoms with E-state index in [-0.39, 0.29) is 5.34 Å². The van der Waals surface area contributed by atoms with Crippen LogP contribution in [-0.2, 0) is 4.74 Å². The Morgan fingerprint density at radius 1 is 1.62 bits per heavy atom. The largest absolute Gasteiger partial charge is 0.488 e. The Kier molecular flexibility index (Phi) is 2.78. The van der Waals surface area contributed by atoms with Crippen LogP contribution in [0.2, 0.25) is 0 Å². The van der Waals surface area contributed by atoms with Crippen LogP contribution < -0.4 is 0 Å². The summed E-state index contributed by atoms with van der Waals surface area (Å²) in [5.41, 5.74) is 0. The fourth-order valence-electron chi connectivity index (χ4n) is 0.228. The van der Waals surface area contributed by atoms with Gasteiger partial charge in [-0.25, -0.2) is 0 Å². The first-order valence-electron chi connectivity index (χ1n) is 2.33. The predicted molar refractivity (Wildman–Crippen MR) is 39.6 cm³/mol. The van der Waals surface area contributed by atoms with Gasteiger partial charge in [-0.15, -0.1) is 0 Å². The molecule has 46 valence electrons. The number of hydrogen-bond acceptors (Lipinski definition) is 1. The molecule has 2 heteroatoms. The second-order valence-electron chi connectivity index (χ2n) is 1.67. The molecule has 0 aliphatic heterocycles. The molecule has 0 aliphatic rings. The third kappa shape index (κ3) is 2.81. The van der Waals surface area contributed by atoms with Gasteiger partial charge < -0.3 is 4.74 Å². The average molecular weight is 130 g/mol. The van der Waals surface area contributed by atoms with Crippen LogP contribution in [0.4, 0.5) is 0 Å². The topological polar surface area (TPSA) is 9.23 Å². The van der Waals surface area contributed by atoms with Gasteiger partial charge in [0.25, 0.3) is 0 Å². The summed E-state index contributed by atoms with van der Waals surface area (Å²) >= 11 is 0. The quantitative estimate of drug-likeness (QED) is 0.322. The molecular weight excluding hydrogens is 119 g/mol. The van der Waals surface area contributed by atoms with Crippen molar-refractivity contribution in [2.75, 3.05) is 0 Å². The van der Waals surface area contributed by atoms with Crippen molar-refractivity contribution in [1.82, 2.24) is 0 Å². The summed E-state index contributed by atoms with van der Waals surface area (Å²) < 4.78 is 4.99. The van der Waals surface area contributed by atoms with Gasteiger partial charge >= 0.3 is 0 Å². The average Bonchev–Trinajstić information content (AvgIpc) is 1.67. The van der Waals surface area contributed by atoms with Crippen molar-refractivity contribution in [1.29, 1.82) is 0 Å². The zero-order valence-electron chi connectivity index (χ0n) is 5.05. The SMILES string of the molecule is C=COC(C)(P)C=C. The zero-order chi connectivity index (χ0) is 6.62. The van der Waals surface area contributed by atoms with Gasteiger partial charge in [0.1, 0.15) is 5.34 Å². The predicted octanol–water partition coefficient (Wildman–Crippen LogP) is 1.92. The molecule has 0 aromatic rings. The van der Waals surface area contributed by atoms with Gasteiger partial charge in [0.05, 0.1) is 6.26 Å². The van der Waals surface area contributed by atoms with Gasteiger partial charge in [0.2, 0.25) is 0 Å². The fourth-order valence-corrected chi connectivity index (χ4v) is 0.324. The van der Waals surface area contributed by atoms with Gasteiger partial charge in [-0.3, -0.25) is 0 Å². The third-order valence-electron chi connectivity index (χ3n) is 0.743. The highest BCUT2D eigenvalue weighted by atomic mass is 31.0. The van der Waals surface area contributed by atoms with Crippen molar-refractivity contribution in [3.63, 3.8) is 0 Å². The van der Waals surface area contributed by atoms with Crippen LogP contribution in [-0.4, -0.2) is 5.34 Å². The van der Waals surface area contributed by atoms with Crippen molar-refractivity contribution < 1.29 is 4.74 Å².